The number of rotatable bonds is 2. The second-order valence-electron chi connectivity index (χ2n) is 2.96. The molecule has 0 unspecified atom stereocenters. The van der Waals surface area contributed by atoms with Crippen molar-refractivity contribution in [3.63, 3.8) is 0 Å². The van der Waals surface area contributed by atoms with Gasteiger partial charge in [0.2, 0.25) is 0 Å². The van der Waals surface area contributed by atoms with E-state index in [0.29, 0.717) is 15.7 Å². The molecule has 2 aromatic rings. The highest BCUT2D eigenvalue weighted by molar-refractivity contribution is 6.34. The average molecular weight is 258 g/mol. The van der Waals surface area contributed by atoms with Gasteiger partial charge in [-0.25, -0.2) is 9.48 Å². The topological polar surface area (TPSA) is 68.0 Å². The van der Waals surface area contributed by atoms with E-state index < -0.39 is 5.97 Å². The predicted molar refractivity (Wildman–Crippen MR) is 58.3 cm³/mol. The number of carboxylic acids is 1. The molecular weight excluding hydrogens is 253 g/mol. The van der Waals surface area contributed by atoms with Crippen LogP contribution in [-0.2, 0) is 0 Å². The first-order chi connectivity index (χ1) is 7.58. The van der Waals surface area contributed by atoms with Gasteiger partial charge in [-0.15, -0.1) is 5.10 Å². The Labute approximate surface area is 100 Å². The van der Waals surface area contributed by atoms with Gasteiger partial charge in [-0.3, -0.25) is 0 Å². The molecule has 0 aliphatic carbocycles. The number of hydrogen-bond donors (Lipinski definition) is 1. The summed E-state index contributed by atoms with van der Waals surface area (Å²) in [6.45, 7) is 0. The lowest BCUT2D eigenvalue weighted by Crippen LogP contribution is -2.07. The lowest BCUT2D eigenvalue weighted by molar-refractivity contribution is 0.0687. The molecule has 7 heteroatoms. The Balaban J connectivity index is 2.58. The zero-order valence-electron chi connectivity index (χ0n) is 7.76. The number of carboxylic acid groups (broad SMARTS) is 1. The van der Waals surface area contributed by atoms with Crippen molar-refractivity contribution < 1.29 is 9.90 Å². The Kier molecular flexibility index (Phi) is 2.80. The number of aromatic nitrogens is 3. The van der Waals surface area contributed by atoms with Crippen molar-refractivity contribution in [2.75, 3.05) is 0 Å². The van der Waals surface area contributed by atoms with Crippen molar-refractivity contribution in [3.05, 3.63) is 40.1 Å². The van der Waals surface area contributed by atoms with E-state index in [1.807, 2.05) is 0 Å². The fourth-order valence-electron chi connectivity index (χ4n) is 1.23. The van der Waals surface area contributed by atoms with Gasteiger partial charge in [0.05, 0.1) is 11.9 Å². The molecule has 0 saturated heterocycles. The Morgan fingerprint density at radius 2 is 1.88 bits per heavy atom. The molecule has 1 N–H and O–H groups in total. The van der Waals surface area contributed by atoms with Crippen LogP contribution in [0.4, 0.5) is 0 Å². The Morgan fingerprint density at radius 1 is 1.25 bits per heavy atom. The SMILES string of the molecule is O=C(O)c1cnnn1-c1cc(Cl)cc(Cl)c1. The molecule has 1 aromatic carbocycles. The fourth-order valence-corrected chi connectivity index (χ4v) is 1.75. The summed E-state index contributed by atoms with van der Waals surface area (Å²) in [7, 11) is 0. The maximum Gasteiger partial charge on any atom is 0.356 e. The van der Waals surface area contributed by atoms with Crippen LogP contribution in [0.15, 0.2) is 24.4 Å². The molecule has 0 aliphatic heterocycles. The van der Waals surface area contributed by atoms with Gasteiger partial charge >= 0.3 is 5.97 Å². The Bertz CT molecular complexity index is 533. The lowest BCUT2D eigenvalue weighted by Gasteiger charge is -2.04. The van der Waals surface area contributed by atoms with Crippen LogP contribution in [0.5, 0.6) is 0 Å². The van der Waals surface area contributed by atoms with Crippen molar-refractivity contribution in [1.82, 2.24) is 15.0 Å². The van der Waals surface area contributed by atoms with E-state index in [2.05, 4.69) is 10.3 Å². The van der Waals surface area contributed by atoms with Crippen LogP contribution in [-0.4, -0.2) is 26.1 Å². The van der Waals surface area contributed by atoms with Gasteiger partial charge in [0.15, 0.2) is 5.69 Å². The van der Waals surface area contributed by atoms with Crippen molar-refractivity contribution >= 4 is 29.2 Å². The normalized spacial score (nSPS) is 10.4. The van der Waals surface area contributed by atoms with Gasteiger partial charge in [-0.05, 0) is 18.2 Å². The molecule has 0 fully saturated rings. The summed E-state index contributed by atoms with van der Waals surface area (Å²) in [5.74, 6) is -1.12. The van der Waals surface area contributed by atoms with E-state index in [-0.39, 0.29) is 5.69 Å². The van der Waals surface area contributed by atoms with Crippen LogP contribution in [0.3, 0.4) is 0 Å². The van der Waals surface area contributed by atoms with Crippen LogP contribution in [0.1, 0.15) is 10.5 Å². The molecule has 16 heavy (non-hydrogen) atoms. The molecule has 0 saturated carbocycles. The Morgan fingerprint density at radius 3 is 2.44 bits per heavy atom. The van der Waals surface area contributed by atoms with Gasteiger partial charge < -0.3 is 5.11 Å². The second kappa shape index (κ2) is 4.11. The number of carbonyl (C=O) groups is 1. The molecular formula is C9H5Cl2N3O2. The summed E-state index contributed by atoms with van der Waals surface area (Å²) in [6.07, 6.45) is 1.15. The quantitative estimate of drug-likeness (QED) is 0.897. The Hall–Kier alpha value is -1.59. The minimum absolute atomic E-state index is 0.0571. The molecule has 5 nitrogen and oxygen atoms in total. The zero-order chi connectivity index (χ0) is 11.7. The van der Waals surface area contributed by atoms with Gasteiger partial charge in [-0.2, -0.15) is 0 Å². The first kappa shape index (κ1) is 10.9. The molecule has 0 amide bonds. The first-order valence-corrected chi connectivity index (χ1v) is 4.94. The molecule has 0 spiro atoms. The molecule has 1 heterocycles. The van der Waals surface area contributed by atoms with Gasteiger partial charge in [0.25, 0.3) is 0 Å². The minimum atomic E-state index is -1.12. The van der Waals surface area contributed by atoms with Crippen LogP contribution in [0.25, 0.3) is 5.69 Å². The van der Waals surface area contributed by atoms with E-state index in [9.17, 15) is 4.79 Å². The van der Waals surface area contributed by atoms with Gasteiger partial charge in [-0.1, -0.05) is 28.4 Å². The molecule has 0 radical (unpaired) electrons. The van der Waals surface area contributed by atoms with Crippen LogP contribution in [0, 0.1) is 0 Å². The van der Waals surface area contributed by atoms with Gasteiger partial charge in [0.1, 0.15) is 0 Å². The van der Waals surface area contributed by atoms with E-state index >= 15 is 0 Å². The highest BCUT2D eigenvalue weighted by atomic mass is 35.5. The monoisotopic (exact) mass is 257 g/mol. The van der Waals surface area contributed by atoms with Crippen molar-refractivity contribution in [2.24, 2.45) is 0 Å². The van der Waals surface area contributed by atoms with E-state index in [0.717, 1.165) is 10.9 Å². The molecule has 0 atom stereocenters. The predicted octanol–water partition coefficient (Wildman–Crippen LogP) is 2.27. The number of aromatic carboxylic acids is 1. The van der Waals surface area contributed by atoms with Crippen LogP contribution >= 0.6 is 23.2 Å². The molecule has 0 aliphatic rings. The maximum atomic E-state index is 10.9. The summed E-state index contributed by atoms with van der Waals surface area (Å²) < 4.78 is 1.15. The largest absolute Gasteiger partial charge is 0.476 e. The number of nitrogens with zero attached hydrogens (tertiary/aromatic N) is 3. The first-order valence-electron chi connectivity index (χ1n) is 4.18. The average Bonchev–Trinajstić information content (AvgIpc) is 2.63. The van der Waals surface area contributed by atoms with Gasteiger partial charge in [0, 0.05) is 10.0 Å². The fraction of sp³-hybridized carbons (Fsp3) is 0. The molecule has 2 rings (SSSR count). The van der Waals surface area contributed by atoms with Crippen molar-refractivity contribution in [2.45, 2.75) is 0 Å². The molecule has 1 aromatic heterocycles. The van der Waals surface area contributed by atoms with Crippen molar-refractivity contribution in [1.29, 1.82) is 0 Å². The standard InChI is InChI=1S/C9H5Cl2N3O2/c10-5-1-6(11)3-7(2-5)14-8(9(15)16)4-12-13-14/h1-4H,(H,15,16). The number of hydrogen-bond acceptors (Lipinski definition) is 3. The highest BCUT2D eigenvalue weighted by Gasteiger charge is 2.13. The number of benzene rings is 1. The van der Waals surface area contributed by atoms with Crippen molar-refractivity contribution in [3.8, 4) is 5.69 Å². The second-order valence-corrected chi connectivity index (χ2v) is 3.84. The summed E-state index contributed by atoms with van der Waals surface area (Å²) in [5.41, 5.74) is 0.394. The molecule has 0 bridgehead atoms. The smallest absolute Gasteiger partial charge is 0.356 e. The van der Waals surface area contributed by atoms with Crippen LogP contribution < -0.4 is 0 Å². The summed E-state index contributed by atoms with van der Waals surface area (Å²) >= 11 is 11.6. The minimum Gasteiger partial charge on any atom is -0.476 e. The van der Waals surface area contributed by atoms with Crippen LogP contribution in [0.2, 0.25) is 10.0 Å². The van der Waals surface area contributed by atoms with E-state index in [1.54, 1.807) is 18.2 Å². The third kappa shape index (κ3) is 2.00. The third-order valence-corrected chi connectivity index (χ3v) is 2.30. The molecule has 82 valence electrons. The summed E-state index contributed by atoms with van der Waals surface area (Å²) in [4.78, 5) is 10.9. The third-order valence-electron chi connectivity index (χ3n) is 1.86. The lowest BCUT2D eigenvalue weighted by atomic mass is 10.3. The summed E-state index contributed by atoms with van der Waals surface area (Å²) in [5, 5.41) is 16.9. The maximum absolute atomic E-state index is 10.9. The summed E-state index contributed by atoms with van der Waals surface area (Å²) in [6, 6.07) is 4.65. The van der Waals surface area contributed by atoms with E-state index in [1.165, 1.54) is 0 Å². The highest BCUT2D eigenvalue weighted by Crippen LogP contribution is 2.21. The van der Waals surface area contributed by atoms with E-state index in [4.69, 9.17) is 28.3 Å². The zero-order valence-corrected chi connectivity index (χ0v) is 9.27. The number of halogens is 2.